The number of carbonyl (C=O) groups is 2. The maximum absolute atomic E-state index is 10.4. The van der Waals surface area contributed by atoms with Crippen molar-refractivity contribution in [2.75, 3.05) is 13.2 Å². The van der Waals surface area contributed by atoms with Crippen molar-refractivity contribution in [3.8, 4) is 0 Å². The Bertz CT molecular complexity index is 258. The van der Waals surface area contributed by atoms with E-state index in [0.29, 0.717) is 26.1 Å². The average Bonchev–Trinajstić information content (AvgIpc) is 2.48. The Balaban J connectivity index is -0.000000333. The second-order valence-corrected chi connectivity index (χ2v) is 4.81. The molecule has 0 fully saturated rings. The zero-order chi connectivity index (χ0) is 17.4. The molecule has 0 aromatic rings. The largest absolute Gasteiger partial charge is 2.00 e. The van der Waals surface area contributed by atoms with E-state index in [4.69, 9.17) is 9.47 Å². The Kier molecular flexibility index (Phi) is 23.4. The first kappa shape index (κ1) is 27.4. The van der Waals surface area contributed by atoms with Gasteiger partial charge in [0.15, 0.2) is 0 Å². The molecule has 0 saturated carbocycles. The fourth-order valence-electron chi connectivity index (χ4n) is 1.72. The van der Waals surface area contributed by atoms with Crippen LogP contribution in [0.5, 0.6) is 0 Å². The molecule has 0 bridgehead atoms. The summed E-state index contributed by atoms with van der Waals surface area (Å²) in [6.07, 6.45) is 3.42. The molecule has 0 aromatic heterocycles. The van der Waals surface area contributed by atoms with Crippen LogP contribution in [0.25, 0.3) is 0 Å². The Labute approximate surface area is 155 Å². The van der Waals surface area contributed by atoms with Gasteiger partial charge in [-0.3, -0.25) is 0 Å². The molecule has 0 aromatic carbocycles. The molecule has 6 nitrogen and oxygen atoms in total. The van der Waals surface area contributed by atoms with Crippen molar-refractivity contribution >= 4 is 11.9 Å². The molecule has 135 valence electrons. The maximum Gasteiger partial charge on any atom is 2.00 e. The molecule has 23 heavy (non-hydrogen) atoms. The quantitative estimate of drug-likeness (QED) is 0.392. The zero-order valence-electron chi connectivity index (χ0n) is 14.7. The van der Waals surface area contributed by atoms with Crippen molar-refractivity contribution in [3.05, 3.63) is 0 Å². The van der Waals surface area contributed by atoms with Gasteiger partial charge in [0.25, 0.3) is 0 Å². The molecule has 1 radical (unpaired) electrons. The van der Waals surface area contributed by atoms with E-state index in [0.717, 1.165) is 25.7 Å². The van der Waals surface area contributed by atoms with Gasteiger partial charge in [-0.25, -0.2) is 0 Å². The number of ether oxygens (including phenoxy) is 2. The third kappa shape index (κ3) is 17.8. The molecule has 0 aliphatic carbocycles. The van der Waals surface area contributed by atoms with Gasteiger partial charge in [0.2, 0.25) is 0 Å². The van der Waals surface area contributed by atoms with Crippen LogP contribution in [-0.4, -0.2) is 37.4 Å². The predicted octanol–water partition coefficient (Wildman–Crippen LogP) is 0.661. The molecule has 0 saturated heterocycles. The molecule has 0 N–H and O–H groups in total. The minimum atomic E-state index is -1.10. The Morgan fingerprint density at radius 2 is 1.09 bits per heavy atom. The van der Waals surface area contributed by atoms with E-state index in [1.54, 1.807) is 13.8 Å². The van der Waals surface area contributed by atoms with Crippen molar-refractivity contribution in [3.63, 3.8) is 0 Å². The van der Waals surface area contributed by atoms with E-state index >= 15 is 0 Å². The molecule has 0 heterocycles. The van der Waals surface area contributed by atoms with Gasteiger partial charge in [-0.1, -0.05) is 39.5 Å². The van der Waals surface area contributed by atoms with Crippen LogP contribution >= 0.6 is 0 Å². The normalized spacial score (nSPS) is 12.3. The number of carbonyl (C=O) groups excluding carboxylic acids is 2. The van der Waals surface area contributed by atoms with Crippen LogP contribution in [0.15, 0.2) is 0 Å². The second kappa shape index (κ2) is 19.6. The number of unbranched alkanes of at least 4 members (excludes halogenated alkanes) is 2. The van der Waals surface area contributed by atoms with Gasteiger partial charge in [0.1, 0.15) is 0 Å². The molecule has 0 aliphatic rings. The van der Waals surface area contributed by atoms with Crippen molar-refractivity contribution in [2.24, 2.45) is 0 Å². The van der Waals surface area contributed by atoms with Crippen molar-refractivity contribution < 1.29 is 51.7 Å². The standard InChI is InChI=1S/2C8H16O3.Ta/c2*1-3-5-6-7(8(9)10)11-4-2;/h2*7H,3-6H2,1-2H3,(H,9,10);/q;;+2/p-2. The fourth-order valence-corrected chi connectivity index (χ4v) is 1.72. The first-order valence-electron chi connectivity index (χ1n) is 8.09. The second-order valence-electron chi connectivity index (χ2n) is 4.81. The Hall–Kier alpha value is -0.400. The molecule has 7 heteroatoms. The summed E-state index contributed by atoms with van der Waals surface area (Å²) < 4.78 is 9.89. The monoisotopic (exact) mass is 499 g/mol. The summed E-state index contributed by atoms with van der Waals surface area (Å²) >= 11 is 0. The van der Waals surface area contributed by atoms with Crippen LogP contribution in [0, 0.1) is 0 Å². The SMILES string of the molecule is CCCCC(OCC)C(=O)[O-].CCCCC(OCC)C(=O)[O-].[Ta+2]. The Morgan fingerprint density at radius 3 is 1.26 bits per heavy atom. The van der Waals surface area contributed by atoms with E-state index in [9.17, 15) is 19.8 Å². The number of carboxylic acids is 2. The summed E-state index contributed by atoms with van der Waals surface area (Å²) in [7, 11) is 0. The van der Waals surface area contributed by atoms with Gasteiger partial charge < -0.3 is 29.3 Å². The van der Waals surface area contributed by atoms with E-state index in [1.165, 1.54) is 0 Å². The third-order valence-corrected chi connectivity index (χ3v) is 2.90. The number of aliphatic carboxylic acids is 2. The van der Waals surface area contributed by atoms with Crippen LogP contribution in [-0.2, 0) is 41.4 Å². The average molecular weight is 499 g/mol. The van der Waals surface area contributed by atoms with Gasteiger partial charge in [0.05, 0.1) is 24.1 Å². The summed E-state index contributed by atoms with van der Waals surface area (Å²) in [5.74, 6) is -2.19. The van der Waals surface area contributed by atoms with E-state index in [2.05, 4.69) is 0 Å². The molecule has 0 amide bonds. The summed E-state index contributed by atoms with van der Waals surface area (Å²) in [6, 6.07) is 0. The van der Waals surface area contributed by atoms with Gasteiger partial charge in [-0.2, -0.15) is 0 Å². The van der Waals surface area contributed by atoms with E-state index < -0.39 is 24.1 Å². The molecule has 2 unspecified atom stereocenters. The van der Waals surface area contributed by atoms with Crippen LogP contribution in [0.4, 0.5) is 0 Å². The summed E-state index contributed by atoms with van der Waals surface area (Å²) in [6.45, 7) is 8.45. The van der Waals surface area contributed by atoms with Crippen molar-refractivity contribution in [2.45, 2.75) is 78.4 Å². The third-order valence-electron chi connectivity index (χ3n) is 2.90. The zero-order valence-corrected chi connectivity index (χ0v) is 17.9. The molecule has 2 atom stereocenters. The summed E-state index contributed by atoms with van der Waals surface area (Å²) in [5, 5.41) is 20.7. The smallest absolute Gasteiger partial charge is 0.547 e. The Morgan fingerprint density at radius 1 is 0.783 bits per heavy atom. The van der Waals surface area contributed by atoms with Crippen molar-refractivity contribution in [1.82, 2.24) is 0 Å². The van der Waals surface area contributed by atoms with Gasteiger partial charge >= 0.3 is 22.4 Å². The van der Waals surface area contributed by atoms with Crippen LogP contribution < -0.4 is 10.2 Å². The van der Waals surface area contributed by atoms with E-state index in [1.807, 2.05) is 13.8 Å². The fraction of sp³-hybridized carbons (Fsp3) is 0.875. The number of hydrogen-bond acceptors (Lipinski definition) is 6. The van der Waals surface area contributed by atoms with E-state index in [-0.39, 0.29) is 22.4 Å². The molecule has 0 spiro atoms. The molecule has 0 aliphatic heterocycles. The maximum atomic E-state index is 10.4. The summed E-state index contributed by atoms with van der Waals surface area (Å²) in [5.41, 5.74) is 0. The number of carboxylic acid groups (broad SMARTS) is 2. The number of rotatable bonds is 12. The molecular weight excluding hydrogens is 469 g/mol. The number of hydrogen-bond donors (Lipinski definition) is 0. The van der Waals surface area contributed by atoms with Crippen LogP contribution in [0.3, 0.4) is 0 Å². The topological polar surface area (TPSA) is 98.7 Å². The van der Waals surface area contributed by atoms with Crippen molar-refractivity contribution in [1.29, 1.82) is 0 Å². The summed E-state index contributed by atoms with van der Waals surface area (Å²) in [4.78, 5) is 20.7. The first-order chi connectivity index (χ1) is 10.4. The van der Waals surface area contributed by atoms with Crippen LogP contribution in [0.1, 0.15) is 66.2 Å². The minimum Gasteiger partial charge on any atom is -0.547 e. The first-order valence-corrected chi connectivity index (χ1v) is 8.09. The minimum absolute atomic E-state index is 0. The molecule has 0 rings (SSSR count). The predicted molar refractivity (Wildman–Crippen MR) is 79.9 cm³/mol. The van der Waals surface area contributed by atoms with Gasteiger partial charge in [-0.05, 0) is 26.7 Å². The van der Waals surface area contributed by atoms with Gasteiger partial charge in [-0.15, -0.1) is 0 Å². The molecular formula is C16H30O6Ta. The van der Waals surface area contributed by atoms with Gasteiger partial charge in [0, 0.05) is 13.2 Å². The van der Waals surface area contributed by atoms with Crippen LogP contribution in [0.2, 0.25) is 0 Å².